The molecule has 0 radical (unpaired) electrons. The van der Waals surface area contributed by atoms with E-state index in [0.717, 1.165) is 25.4 Å². The van der Waals surface area contributed by atoms with Crippen LogP contribution in [0.25, 0.3) is 0 Å². The van der Waals surface area contributed by atoms with Crippen LogP contribution in [-0.2, 0) is 9.53 Å². The molecule has 1 amide bonds. The molecule has 2 saturated carbocycles. The first-order valence-electron chi connectivity index (χ1n) is 8.72. The van der Waals surface area contributed by atoms with Crippen LogP contribution in [0.4, 0.5) is 0 Å². The summed E-state index contributed by atoms with van der Waals surface area (Å²) in [5, 5.41) is 3.39. The maximum atomic E-state index is 11.7. The van der Waals surface area contributed by atoms with E-state index in [1.165, 1.54) is 44.9 Å². The zero-order valence-corrected chi connectivity index (χ0v) is 13.7. The van der Waals surface area contributed by atoms with Crippen molar-refractivity contribution in [1.82, 2.24) is 5.32 Å². The Bertz CT molecular complexity index is 344. The molecule has 2 rings (SSSR count). The number of hydrogen-bond acceptors (Lipinski definition) is 3. The summed E-state index contributed by atoms with van der Waals surface area (Å²) < 4.78 is 6.03. The summed E-state index contributed by atoms with van der Waals surface area (Å²) in [7, 11) is 0. The van der Waals surface area contributed by atoms with Crippen LogP contribution in [0.1, 0.15) is 71.6 Å². The van der Waals surface area contributed by atoms with Crippen molar-refractivity contribution in [2.24, 2.45) is 11.7 Å². The van der Waals surface area contributed by atoms with Crippen LogP contribution in [0.3, 0.4) is 0 Å². The average Bonchev–Trinajstić information content (AvgIpc) is 3.27. The molecule has 0 aliphatic heterocycles. The summed E-state index contributed by atoms with van der Waals surface area (Å²) in [6.07, 6.45) is 10.8. The molecule has 2 aliphatic rings. The Kier molecular flexibility index (Phi) is 6.06. The number of rotatable bonds is 9. The van der Waals surface area contributed by atoms with E-state index in [1.54, 1.807) is 0 Å². The predicted molar refractivity (Wildman–Crippen MR) is 85.0 cm³/mol. The molecule has 0 bridgehead atoms. The zero-order valence-electron chi connectivity index (χ0n) is 13.7. The minimum absolute atomic E-state index is 0.238. The molecule has 122 valence electrons. The Labute approximate surface area is 129 Å². The van der Waals surface area contributed by atoms with E-state index in [0.29, 0.717) is 12.1 Å². The second-order valence-corrected chi connectivity index (χ2v) is 7.15. The number of ether oxygens (including phenoxy) is 1. The monoisotopic (exact) mass is 296 g/mol. The first-order valence-corrected chi connectivity index (χ1v) is 8.72. The van der Waals surface area contributed by atoms with E-state index in [4.69, 9.17) is 10.5 Å². The molecule has 0 heterocycles. The first kappa shape index (κ1) is 16.8. The van der Waals surface area contributed by atoms with Crippen molar-refractivity contribution in [3.8, 4) is 0 Å². The first-order chi connectivity index (χ1) is 10.0. The molecule has 4 nitrogen and oxygen atoms in total. The van der Waals surface area contributed by atoms with Gasteiger partial charge in [0.05, 0.1) is 11.6 Å². The number of amides is 1. The number of carbonyl (C=O) groups is 1. The molecule has 0 spiro atoms. The highest BCUT2D eigenvalue weighted by atomic mass is 16.5. The van der Waals surface area contributed by atoms with E-state index >= 15 is 0 Å². The number of primary amides is 1. The zero-order chi connectivity index (χ0) is 15.3. The largest absolute Gasteiger partial charge is 0.378 e. The second-order valence-electron chi connectivity index (χ2n) is 7.15. The molecular formula is C17H32N2O2. The molecule has 0 aromatic heterocycles. The van der Waals surface area contributed by atoms with Crippen molar-refractivity contribution >= 4 is 5.91 Å². The summed E-state index contributed by atoms with van der Waals surface area (Å²) in [6, 6.07) is 0.493. The van der Waals surface area contributed by atoms with Crippen molar-refractivity contribution in [2.45, 2.75) is 89.3 Å². The van der Waals surface area contributed by atoms with Crippen molar-refractivity contribution in [2.75, 3.05) is 6.61 Å². The van der Waals surface area contributed by atoms with Crippen LogP contribution in [0, 0.1) is 5.92 Å². The number of carbonyl (C=O) groups excluding carboxylic acids is 1. The van der Waals surface area contributed by atoms with Gasteiger partial charge in [-0.2, -0.15) is 0 Å². The lowest BCUT2D eigenvalue weighted by molar-refractivity contribution is -0.124. The van der Waals surface area contributed by atoms with E-state index in [1.807, 2.05) is 6.92 Å². The Morgan fingerprint density at radius 1 is 1.33 bits per heavy atom. The SMILES string of the molecule is CCC1CCCC(OCCCC(C)(NC2CC2)C(N)=O)C1. The smallest absolute Gasteiger partial charge is 0.237 e. The van der Waals surface area contributed by atoms with Crippen molar-refractivity contribution in [3.63, 3.8) is 0 Å². The maximum Gasteiger partial charge on any atom is 0.237 e. The lowest BCUT2D eigenvalue weighted by Crippen LogP contribution is -2.54. The topological polar surface area (TPSA) is 64.3 Å². The van der Waals surface area contributed by atoms with Crippen LogP contribution in [0.5, 0.6) is 0 Å². The van der Waals surface area contributed by atoms with Crippen LogP contribution in [-0.4, -0.2) is 30.2 Å². The normalized spacial score (nSPS) is 29.0. The Balaban J connectivity index is 1.66. The van der Waals surface area contributed by atoms with Gasteiger partial charge in [-0.15, -0.1) is 0 Å². The van der Waals surface area contributed by atoms with Crippen molar-refractivity contribution in [3.05, 3.63) is 0 Å². The van der Waals surface area contributed by atoms with Crippen LogP contribution >= 0.6 is 0 Å². The van der Waals surface area contributed by atoms with Gasteiger partial charge in [-0.1, -0.05) is 26.2 Å². The lowest BCUT2D eigenvalue weighted by atomic mass is 9.85. The molecule has 2 fully saturated rings. The predicted octanol–water partition coefficient (Wildman–Crippen LogP) is 2.75. The van der Waals surface area contributed by atoms with E-state index in [2.05, 4.69) is 12.2 Å². The molecule has 0 aromatic rings. The third-order valence-electron chi connectivity index (χ3n) is 5.13. The van der Waals surface area contributed by atoms with Gasteiger partial charge in [0, 0.05) is 12.6 Å². The number of nitrogens with two attached hydrogens (primary N) is 1. The second kappa shape index (κ2) is 7.59. The van der Waals surface area contributed by atoms with Gasteiger partial charge in [0.25, 0.3) is 0 Å². The molecule has 0 aromatic carbocycles. The third-order valence-corrected chi connectivity index (χ3v) is 5.13. The standard InChI is InChI=1S/C17H32N2O2/c1-3-13-6-4-7-15(12-13)21-11-5-10-17(2,16(18)20)19-14-8-9-14/h13-15,19H,3-12H2,1-2H3,(H2,18,20). The molecule has 4 heteroatoms. The summed E-state index contributed by atoms with van der Waals surface area (Å²) >= 11 is 0. The van der Waals surface area contributed by atoms with Gasteiger partial charge in [0.2, 0.25) is 5.91 Å². The summed E-state index contributed by atoms with van der Waals surface area (Å²) in [5.41, 5.74) is 5.00. The highest BCUT2D eigenvalue weighted by Gasteiger charge is 2.36. The fraction of sp³-hybridized carbons (Fsp3) is 0.941. The number of hydrogen-bond donors (Lipinski definition) is 2. The Hall–Kier alpha value is -0.610. The lowest BCUT2D eigenvalue weighted by Gasteiger charge is -2.30. The minimum Gasteiger partial charge on any atom is -0.378 e. The van der Waals surface area contributed by atoms with E-state index in [9.17, 15) is 4.79 Å². The Morgan fingerprint density at radius 3 is 2.71 bits per heavy atom. The molecule has 3 unspecified atom stereocenters. The van der Waals surface area contributed by atoms with Gasteiger partial charge < -0.3 is 15.8 Å². The van der Waals surface area contributed by atoms with Crippen LogP contribution in [0.15, 0.2) is 0 Å². The van der Waals surface area contributed by atoms with Crippen LogP contribution in [0.2, 0.25) is 0 Å². The Morgan fingerprint density at radius 2 is 2.10 bits per heavy atom. The van der Waals surface area contributed by atoms with E-state index in [-0.39, 0.29) is 5.91 Å². The molecule has 21 heavy (non-hydrogen) atoms. The summed E-state index contributed by atoms with van der Waals surface area (Å²) in [6.45, 7) is 4.95. The van der Waals surface area contributed by atoms with Gasteiger partial charge in [-0.25, -0.2) is 0 Å². The van der Waals surface area contributed by atoms with Crippen molar-refractivity contribution in [1.29, 1.82) is 0 Å². The molecule has 3 N–H and O–H groups in total. The molecule has 2 aliphatic carbocycles. The highest BCUT2D eigenvalue weighted by molar-refractivity contribution is 5.84. The molecular weight excluding hydrogens is 264 g/mol. The average molecular weight is 296 g/mol. The van der Waals surface area contributed by atoms with Gasteiger partial charge >= 0.3 is 0 Å². The van der Waals surface area contributed by atoms with Crippen molar-refractivity contribution < 1.29 is 9.53 Å². The molecule has 0 saturated heterocycles. The van der Waals surface area contributed by atoms with E-state index < -0.39 is 5.54 Å². The van der Waals surface area contributed by atoms with Gasteiger partial charge in [0.15, 0.2) is 0 Å². The van der Waals surface area contributed by atoms with Gasteiger partial charge in [-0.05, 0) is 51.4 Å². The fourth-order valence-electron chi connectivity index (χ4n) is 3.38. The summed E-state index contributed by atoms with van der Waals surface area (Å²) in [5.74, 6) is 0.606. The summed E-state index contributed by atoms with van der Waals surface area (Å²) in [4.78, 5) is 11.7. The third kappa shape index (κ3) is 5.26. The quantitative estimate of drug-likeness (QED) is 0.643. The van der Waals surface area contributed by atoms with Gasteiger partial charge in [-0.3, -0.25) is 4.79 Å². The minimum atomic E-state index is -0.566. The highest BCUT2D eigenvalue weighted by Crippen LogP contribution is 2.29. The number of nitrogens with one attached hydrogen (secondary N) is 1. The molecule has 3 atom stereocenters. The maximum absolute atomic E-state index is 11.7. The van der Waals surface area contributed by atoms with Crippen LogP contribution < -0.4 is 11.1 Å². The fourth-order valence-corrected chi connectivity index (χ4v) is 3.38. The van der Waals surface area contributed by atoms with Gasteiger partial charge in [0.1, 0.15) is 0 Å².